The Kier molecular flexibility index (Phi) is 4.45. The van der Waals surface area contributed by atoms with Crippen LogP contribution in [0.3, 0.4) is 0 Å². The van der Waals surface area contributed by atoms with Crippen LogP contribution in [0.1, 0.15) is 20.3 Å². The van der Waals surface area contributed by atoms with Crippen molar-refractivity contribution >= 4 is 11.8 Å². The molecule has 0 fully saturated rings. The molecule has 2 nitrogen and oxygen atoms in total. The third-order valence-corrected chi connectivity index (χ3v) is 2.43. The molecule has 12 heavy (non-hydrogen) atoms. The van der Waals surface area contributed by atoms with E-state index >= 15 is 0 Å². The summed E-state index contributed by atoms with van der Waals surface area (Å²) in [6, 6.07) is 0. The Morgan fingerprint density at radius 1 is 1.42 bits per heavy atom. The quantitative estimate of drug-likeness (QED) is 0.403. The van der Waals surface area contributed by atoms with Crippen molar-refractivity contribution in [1.82, 2.24) is 4.84 Å². The molecule has 0 aliphatic heterocycles. The maximum absolute atomic E-state index is 12.4. The van der Waals surface area contributed by atoms with Crippen LogP contribution in [0, 0.1) is 0 Å². The third-order valence-electron chi connectivity index (χ3n) is 1.92. The van der Waals surface area contributed by atoms with Gasteiger partial charge in [-0.1, -0.05) is 0 Å². The van der Waals surface area contributed by atoms with Gasteiger partial charge in [-0.25, -0.2) is 4.84 Å². The summed E-state index contributed by atoms with van der Waals surface area (Å²) in [5, 5.41) is 0. The Hall–Kier alpha value is 0.140. The van der Waals surface area contributed by atoms with E-state index < -0.39 is 0 Å². The second kappa shape index (κ2) is 4.40. The molecule has 0 amide bonds. The predicted octanol–water partition coefficient (Wildman–Crippen LogP) is 1.90. The minimum absolute atomic E-state index is 0.119. The SMILES string of the molecule is CC(C)(CC[N+](C)(C)CF)NCl. The monoisotopic (exact) mass is 197 g/mol. The lowest BCUT2D eigenvalue weighted by Crippen LogP contribution is -2.44. The number of hydrogen-bond acceptors (Lipinski definition) is 1. The lowest BCUT2D eigenvalue weighted by molar-refractivity contribution is -0.903. The first-order valence-corrected chi connectivity index (χ1v) is 4.46. The Balaban J connectivity index is 3.82. The van der Waals surface area contributed by atoms with Gasteiger partial charge in [0, 0.05) is 12.0 Å². The highest BCUT2D eigenvalue weighted by Gasteiger charge is 2.22. The highest BCUT2D eigenvalue weighted by Crippen LogP contribution is 2.12. The summed E-state index contributed by atoms with van der Waals surface area (Å²) in [6.07, 6.45) is 0.855. The zero-order chi connectivity index (χ0) is 9.83. The maximum atomic E-state index is 12.4. The van der Waals surface area contributed by atoms with Gasteiger partial charge in [-0.05, 0) is 25.6 Å². The van der Waals surface area contributed by atoms with Crippen LogP contribution < -0.4 is 4.84 Å². The first-order valence-electron chi connectivity index (χ1n) is 4.09. The zero-order valence-corrected chi connectivity index (χ0v) is 9.08. The normalized spacial score (nSPS) is 13.5. The van der Waals surface area contributed by atoms with E-state index in [4.69, 9.17) is 11.8 Å². The van der Waals surface area contributed by atoms with E-state index in [1.165, 1.54) is 0 Å². The average Bonchev–Trinajstić information content (AvgIpc) is 2.02. The number of halogens is 2. The molecule has 0 unspecified atom stereocenters. The average molecular weight is 198 g/mol. The molecular formula is C8H19ClFN2+. The van der Waals surface area contributed by atoms with Crippen LogP contribution in [-0.4, -0.2) is 37.5 Å². The van der Waals surface area contributed by atoms with Crippen LogP contribution in [0.2, 0.25) is 0 Å². The van der Waals surface area contributed by atoms with Gasteiger partial charge in [0.25, 0.3) is 0 Å². The number of alkyl halides is 1. The van der Waals surface area contributed by atoms with Gasteiger partial charge in [0.15, 0.2) is 0 Å². The number of quaternary nitrogens is 1. The Labute approximate surface area is 79.4 Å². The summed E-state index contributed by atoms with van der Waals surface area (Å²) >= 11 is 5.51. The van der Waals surface area contributed by atoms with Gasteiger partial charge < -0.3 is 4.48 Å². The predicted molar refractivity (Wildman–Crippen MR) is 50.6 cm³/mol. The second-order valence-electron chi connectivity index (χ2n) is 4.51. The number of nitrogens with zero attached hydrogens (tertiary/aromatic N) is 1. The minimum atomic E-state index is -0.335. The van der Waals surface area contributed by atoms with E-state index in [1.54, 1.807) is 0 Å². The van der Waals surface area contributed by atoms with Gasteiger partial charge in [-0.2, -0.15) is 4.39 Å². The second-order valence-corrected chi connectivity index (χ2v) is 4.70. The largest absolute Gasteiger partial charge is 0.302 e. The molecule has 0 aliphatic rings. The standard InChI is InChI=1S/C8H19ClFN2/c1-8(2,11-9)5-6-12(3,4)7-10/h11H,5-7H2,1-4H3/q+1. The third kappa shape index (κ3) is 4.91. The zero-order valence-electron chi connectivity index (χ0n) is 8.32. The van der Waals surface area contributed by atoms with Crippen molar-refractivity contribution in [1.29, 1.82) is 0 Å². The fraction of sp³-hybridized carbons (Fsp3) is 1.00. The van der Waals surface area contributed by atoms with Gasteiger partial charge in [0.1, 0.15) is 0 Å². The van der Waals surface area contributed by atoms with Crippen LogP contribution in [0.25, 0.3) is 0 Å². The molecule has 1 N–H and O–H groups in total. The van der Waals surface area contributed by atoms with E-state index in [0.717, 1.165) is 13.0 Å². The van der Waals surface area contributed by atoms with E-state index in [2.05, 4.69) is 4.84 Å². The molecule has 0 radical (unpaired) electrons. The Bertz CT molecular complexity index is 121. The molecule has 0 aromatic carbocycles. The number of hydrogen-bond donors (Lipinski definition) is 1. The summed E-state index contributed by atoms with van der Waals surface area (Å²) in [4.78, 5) is 2.68. The van der Waals surface area contributed by atoms with Gasteiger partial charge in [0.05, 0.1) is 20.6 Å². The Morgan fingerprint density at radius 3 is 2.25 bits per heavy atom. The maximum Gasteiger partial charge on any atom is 0.221 e. The van der Waals surface area contributed by atoms with Crippen molar-refractivity contribution in [3.63, 3.8) is 0 Å². The van der Waals surface area contributed by atoms with Crippen LogP contribution in [0.15, 0.2) is 0 Å². The molecule has 0 aromatic rings. The first-order chi connectivity index (χ1) is 5.33. The molecule has 74 valence electrons. The van der Waals surface area contributed by atoms with Crippen molar-refractivity contribution in [3.8, 4) is 0 Å². The van der Waals surface area contributed by atoms with Crippen molar-refractivity contribution in [2.24, 2.45) is 0 Å². The van der Waals surface area contributed by atoms with Crippen LogP contribution in [0.5, 0.6) is 0 Å². The number of nitrogens with one attached hydrogen (secondary N) is 1. The van der Waals surface area contributed by atoms with Gasteiger partial charge in [-0.3, -0.25) is 0 Å². The molecule has 0 aliphatic carbocycles. The molecule has 0 atom stereocenters. The van der Waals surface area contributed by atoms with E-state index in [1.807, 2.05) is 27.9 Å². The smallest absolute Gasteiger partial charge is 0.221 e. The van der Waals surface area contributed by atoms with E-state index in [9.17, 15) is 4.39 Å². The van der Waals surface area contributed by atoms with Crippen LogP contribution in [-0.2, 0) is 0 Å². The highest BCUT2D eigenvalue weighted by molar-refractivity contribution is 6.13. The fourth-order valence-corrected chi connectivity index (χ4v) is 0.784. The molecule has 0 saturated heterocycles. The van der Waals surface area contributed by atoms with Gasteiger partial charge in [0.2, 0.25) is 6.80 Å². The Morgan fingerprint density at radius 2 is 1.92 bits per heavy atom. The molecular weight excluding hydrogens is 179 g/mol. The van der Waals surface area contributed by atoms with E-state index in [-0.39, 0.29) is 12.3 Å². The van der Waals surface area contributed by atoms with Gasteiger partial charge >= 0.3 is 0 Å². The summed E-state index contributed by atoms with van der Waals surface area (Å²) in [7, 11) is 3.73. The lowest BCUT2D eigenvalue weighted by Gasteiger charge is -2.30. The van der Waals surface area contributed by atoms with Crippen LogP contribution in [0.4, 0.5) is 4.39 Å². The molecule has 0 saturated carbocycles. The summed E-state index contributed by atoms with van der Waals surface area (Å²) in [5.41, 5.74) is -0.119. The van der Waals surface area contributed by atoms with Crippen molar-refractivity contribution < 1.29 is 8.87 Å². The highest BCUT2D eigenvalue weighted by atomic mass is 35.5. The van der Waals surface area contributed by atoms with Crippen LogP contribution >= 0.6 is 11.8 Å². The van der Waals surface area contributed by atoms with E-state index in [0.29, 0.717) is 4.48 Å². The minimum Gasteiger partial charge on any atom is -0.302 e. The molecule has 0 spiro atoms. The number of rotatable bonds is 5. The molecule has 0 bridgehead atoms. The summed E-state index contributed by atoms with van der Waals surface area (Å²) in [5.74, 6) is 0. The molecule has 4 heteroatoms. The molecule has 0 aromatic heterocycles. The van der Waals surface area contributed by atoms with Crippen molar-refractivity contribution in [2.75, 3.05) is 27.4 Å². The summed E-state index contributed by atoms with van der Waals surface area (Å²) < 4.78 is 12.8. The molecule has 0 heterocycles. The first kappa shape index (κ1) is 12.1. The van der Waals surface area contributed by atoms with Gasteiger partial charge in [-0.15, -0.1) is 0 Å². The fourth-order valence-electron chi connectivity index (χ4n) is 0.689. The lowest BCUT2D eigenvalue weighted by atomic mass is 10.0. The topological polar surface area (TPSA) is 12.0 Å². The van der Waals surface area contributed by atoms with Crippen molar-refractivity contribution in [2.45, 2.75) is 25.8 Å². The van der Waals surface area contributed by atoms with Crippen molar-refractivity contribution in [3.05, 3.63) is 0 Å². The molecule has 0 rings (SSSR count). The summed E-state index contributed by atoms with van der Waals surface area (Å²) in [6.45, 7) is 4.44.